The van der Waals surface area contributed by atoms with Gasteiger partial charge in [-0.2, -0.15) is 13.2 Å². The van der Waals surface area contributed by atoms with E-state index in [0.717, 1.165) is 6.07 Å². The smallest absolute Gasteiger partial charge is 0.320 e. The van der Waals surface area contributed by atoms with Crippen LogP contribution in [0.25, 0.3) is 0 Å². The van der Waals surface area contributed by atoms with Crippen molar-refractivity contribution in [1.82, 2.24) is 0 Å². The molecule has 0 aromatic heterocycles. The highest BCUT2D eigenvalue weighted by Crippen LogP contribution is 2.38. The van der Waals surface area contributed by atoms with Gasteiger partial charge in [0.25, 0.3) is 5.91 Å². The molecule has 2 rings (SSSR count). The maximum Gasteiger partial charge on any atom is 0.418 e. The predicted molar refractivity (Wildman–Crippen MR) is 78.5 cm³/mol. The molecular weight excluding hydrogens is 371 g/mol. The second-order valence-corrected chi connectivity index (χ2v) is 5.36. The highest BCUT2D eigenvalue weighted by molar-refractivity contribution is 9.10. The van der Waals surface area contributed by atoms with Gasteiger partial charge in [0.05, 0.1) is 21.8 Å². The Bertz CT molecular complexity index is 688. The molecule has 0 aliphatic heterocycles. The Balaban J connectivity index is 2.41. The van der Waals surface area contributed by atoms with E-state index in [1.54, 1.807) is 18.2 Å². The number of alkyl halides is 3. The molecule has 0 spiro atoms. The summed E-state index contributed by atoms with van der Waals surface area (Å²) in [6, 6.07) is 9.73. The Hall–Kier alpha value is -1.53. The van der Waals surface area contributed by atoms with Crippen LogP contribution in [0.1, 0.15) is 15.9 Å². The van der Waals surface area contributed by atoms with Crippen molar-refractivity contribution < 1.29 is 18.0 Å². The summed E-state index contributed by atoms with van der Waals surface area (Å²) in [5, 5.41) is 2.05. The minimum atomic E-state index is -4.61. The molecule has 1 N–H and O–H groups in total. The van der Waals surface area contributed by atoms with E-state index in [0.29, 0.717) is 4.47 Å². The fourth-order valence-electron chi connectivity index (χ4n) is 1.71. The van der Waals surface area contributed by atoms with Gasteiger partial charge in [0.2, 0.25) is 0 Å². The second-order valence-electron chi connectivity index (χ2n) is 4.09. The molecule has 0 atom stereocenters. The molecule has 0 radical (unpaired) electrons. The van der Waals surface area contributed by atoms with Crippen molar-refractivity contribution in [2.75, 3.05) is 5.32 Å². The summed E-state index contributed by atoms with van der Waals surface area (Å²) in [6.07, 6.45) is -4.61. The van der Waals surface area contributed by atoms with Crippen LogP contribution < -0.4 is 5.32 Å². The molecule has 0 aliphatic rings. The minimum absolute atomic E-state index is 0.176. The molecule has 0 heterocycles. The Morgan fingerprint density at radius 1 is 1.10 bits per heavy atom. The van der Waals surface area contributed by atoms with Gasteiger partial charge in [0.1, 0.15) is 0 Å². The number of para-hydroxylation sites is 1. The number of rotatable bonds is 2. The molecule has 0 aliphatic carbocycles. The first kappa shape index (κ1) is 15.9. The third-order valence-corrected chi connectivity index (χ3v) is 3.68. The van der Waals surface area contributed by atoms with E-state index in [-0.39, 0.29) is 10.6 Å². The Kier molecular flexibility index (Phi) is 4.58. The molecule has 2 aromatic carbocycles. The van der Waals surface area contributed by atoms with Gasteiger partial charge in [-0.25, -0.2) is 0 Å². The lowest BCUT2D eigenvalue weighted by atomic mass is 10.1. The first-order valence-corrected chi connectivity index (χ1v) is 6.89. The molecule has 2 aromatic rings. The van der Waals surface area contributed by atoms with E-state index >= 15 is 0 Å². The van der Waals surface area contributed by atoms with Gasteiger partial charge in [-0.15, -0.1) is 0 Å². The number of carbonyl (C=O) groups is 1. The van der Waals surface area contributed by atoms with Crippen LogP contribution >= 0.6 is 27.5 Å². The Labute approximate surface area is 132 Å². The monoisotopic (exact) mass is 377 g/mol. The minimum Gasteiger partial charge on any atom is -0.320 e. The number of halogens is 5. The van der Waals surface area contributed by atoms with Crippen LogP contribution in [0.2, 0.25) is 5.02 Å². The number of hydrogen-bond donors (Lipinski definition) is 1. The number of nitrogens with one attached hydrogen (secondary N) is 1. The third-order valence-electron chi connectivity index (χ3n) is 2.68. The normalized spacial score (nSPS) is 11.3. The third kappa shape index (κ3) is 3.57. The Morgan fingerprint density at radius 3 is 2.38 bits per heavy atom. The first-order chi connectivity index (χ1) is 9.80. The maximum absolute atomic E-state index is 12.9. The molecule has 0 unspecified atom stereocenters. The number of amides is 1. The lowest BCUT2D eigenvalue weighted by Gasteiger charge is -2.15. The van der Waals surface area contributed by atoms with Crippen molar-refractivity contribution in [3.8, 4) is 0 Å². The summed E-state index contributed by atoms with van der Waals surface area (Å²) in [5.74, 6) is -0.680. The van der Waals surface area contributed by atoms with Crippen LogP contribution in [0.15, 0.2) is 46.9 Å². The standard InChI is InChI=1S/C14H8BrClF3NO/c15-10-6-2-1-4-8(10)13(21)20-12-9(14(17,18)19)5-3-7-11(12)16/h1-7H,(H,20,21). The van der Waals surface area contributed by atoms with Crippen LogP contribution in [0.4, 0.5) is 18.9 Å². The average molecular weight is 379 g/mol. The molecule has 21 heavy (non-hydrogen) atoms. The molecule has 7 heteroatoms. The second kappa shape index (κ2) is 6.07. The largest absolute Gasteiger partial charge is 0.418 e. The summed E-state index contributed by atoms with van der Waals surface area (Å²) in [4.78, 5) is 12.1. The van der Waals surface area contributed by atoms with E-state index in [2.05, 4.69) is 21.2 Å². The topological polar surface area (TPSA) is 29.1 Å². The van der Waals surface area contributed by atoms with Crippen molar-refractivity contribution in [3.05, 3.63) is 63.1 Å². The molecule has 2 nitrogen and oxygen atoms in total. The molecule has 0 bridgehead atoms. The Morgan fingerprint density at radius 2 is 1.76 bits per heavy atom. The number of anilines is 1. The van der Waals surface area contributed by atoms with Crippen molar-refractivity contribution >= 4 is 39.1 Å². The summed E-state index contributed by atoms with van der Waals surface area (Å²) in [7, 11) is 0. The van der Waals surface area contributed by atoms with Crippen LogP contribution in [0.5, 0.6) is 0 Å². The molecule has 0 saturated heterocycles. The SMILES string of the molecule is O=C(Nc1c(Cl)cccc1C(F)(F)F)c1ccccc1Br. The van der Waals surface area contributed by atoms with Gasteiger partial charge in [0.15, 0.2) is 0 Å². The van der Waals surface area contributed by atoms with E-state index in [1.165, 1.54) is 18.2 Å². The van der Waals surface area contributed by atoms with Crippen LogP contribution in [0, 0.1) is 0 Å². The van der Waals surface area contributed by atoms with Gasteiger partial charge < -0.3 is 5.32 Å². The number of carbonyl (C=O) groups excluding carboxylic acids is 1. The van der Waals surface area contributed by atoms with Crippen LogP contribution in [-0.4, -0.2) is 5.91 Å². The molecule has 110 valence electrons. The zero-order valence-corrected chi connectivity index (χ0v) is 12.7. The van der Waals surface area contributed by atoms with E-state index in [9.17, 15) is 18.0 Å². The summed E-state index contributed by atoms with van der Waals surface area (Å²) in [6.45, 7) is 0. The molecular formula is C14H8BrClF3NO. The van der Waals surface area contributed by atoms with E-state index in [1.807, 2.05) is 0 Å². The summed E-state index contributed by atoms with van der Waals surface area (Å²) in [5.41, 5.74) is -1.23. The molecule has 0 fully saturated rings. The summed E-state index contributed by atoms with van der Waals surface area (Å²) < 4.78 is 39.3. The van der Waals surface area contributed by atoms with Crippen molar-refractivity contribution in [3.63, 3.8) is 0 Å². The van der Waals surface area contributed by atoms with Crippen LogP contribution in [0.3, 0.4) is 0 Å². The fraction of sp³-hybridized carbons (Fsp3) is 0.0714. The first-order valence-electron chi connectivity index (χ1n) is 5.72. The lowest BCUT2D eigenvalue weighted by Crippen LogP contribution is -2.17. The van der Waals surface area contributed by atoms with E-state index < -0.39 is 23.3 Å². The van der Waals surface area contributed by atoms with E-state index in [4.69, 9.17) is 11.6 Å². The van der Waals surface area contributed by atoms with Crippen molar-refractivity contribution in [2.24, 2.45) is 0 Å². The summed E-state index contributed by atoms with van der Waals surface area (Å²) >= 11 is 8.95. The highest BCUT2D eigenvalue weighted by atomic mass is 79.9. The number of benzene rings is 2. The zero-order chi connectivity index (χ0) is 15.6. The molecule has 0 saturated carbocycles. The van der Waals surface area contributed by atoms with Gasteiger partial charge in [-0.05, 0) is 40.2 Å². The predicted octanol–water partition coefficient (Wildman–Crippen LogP) is 5.37. The van der Waals surface area contributed by atoms with Crippen LogP contribution in [-0.2, 0) is 6.18 Å². The fourth-order valence-corrected chi connectivity index (χ4v) is 2.40. The van der Waals surface area contributed by atoms with Crippen molar-refractivity contribution in [2.45, 2.75) is 6.18 Å². The average Bonchev–Trinajstić information content (AvgIpc) is 2.40. The van der Waals surface area contributed by atoms with Gasteiger partial charge in [0, 0.05) is 4.47 Å². The number of hydrogen-bond acceptors (Lipinski definition) is 1. The van der Waals surface area contributed by atoms with Gasteiger partial charge in [-0.1, -0.05) is 29.8 Å². The zero-order valence-electron chi connectivity index (χ0n) is 10.3. The van der Waals surface area contributed by atoms with Crippen molar-refractivity contribution in [1.29, 1.82) is 0 Å². The quantitative estimate of drug-likeness (QED) is 0.747. The molecule has 1 amide bonds. The highest BCUT2D eigenvalue weighted by Gasteiger charge is 2.34. The maximum atomic E-state index is 12.9. The lowest BCUT2D eigenvalue weighted by molar-refractivity contribution is -0.136. The van der Waals surface area contributed by atoms with Gasteiger partial charge >= 0.3 is 6.18 Å². The van der Waals surface area contributed by atoms with Gasteiger partial charge in [-0.3, -0.25) is 4.79 Å².